The van der Waals surface area contributed by atoms with Gasteiger partial charge in [-0.3, -0.25) is 0 Å². The van der Waals surface area contributed by atoms with Crippen LogP contribution in [0.2, 0.25) is 0 Å². The molecule has 6 nitrogen and oxygen atoms in total. The normalized spacial score (nSPS) is 24.3. The number of nitrogens with one attached hydrogen (secondary N) is 1. The fourth-order valence-corrected chi connectivity index (χ4v) is 8.99. The van der Waals surface area contributed by atoms with Gasteiger partial charge in [-0.15, -0.1) is 0 Å². The molecule has 2 aliphatic rings. The summed E-state index contributed by atoms with van der Waals surface area (Å²) in [5.74, 6) is 0.0563. The number of aromatic nitrogens is 1. The average Bonchev–Trinajstić information content (AvgIpc) is 3.42. The molecule has 0 bridgehead atoms. The minimum absolute atomic E-state index is 0.160. The quantitative estimate of drug-likeness (QED) is 0.283. The van der Waals surface area contributed by atoms with Crippen LogP contribution in [0.1, 0.15) is 40.0 Å². The molecule has 0 radical (unpaired) electrons. The first-order valence-corrected chi connectivity index (χ1v) is 13.8. The molecule has 32 heavy (non-hydrogen) atoms. The average molecular weight is 546 g/mol. The van der Waals surface area contributed by atoms with Gasteiger partial charge in [0.1, 0.15) is 0 Å². The third-order valence-corrected chi connectivity index (χ3v) is 10.8. The molecule has 0 unspecified atom stereocenters. The Morgan fingerprint density at radius 1 is 1.25 bits per heavy atom. The van der Waals surface area contributed by atoms with Gasteiger partial charge in [-0.1, -0.05) is 0 Å². The molecular formula is C25H29IN3O3-. The van der Waals surface area contributed by atoms with E-state index in [0.29, 0.717) is 15.7 Å². The van der Waals surface area contributed by atoms with E-state index >= 15 is 0 Å². The Morgan fingerprint density at radius 3 is 2.75 bits per heavy atom. The number of methoxy groups -OCH3 is 1. The number of hydrogen-bond donors (Lipinski definition) is 2. The van der Waals surface area contributed by atoms with Crippen LogP contribution in [-0.2, 0) is 6.54 Å². The molecule has 2 N–H and O–H groups in total. The van der Waals surface area contributed by atoms with E-state index in [2.05, 4.69) is 40.8 Å². The summed E-state index contributed by atoms with van der Waals surface area (Å²) in [7, 11) is 1.75. The van der Waals surface area contributed by atoms with Crippen molar-refractivity contribution in [3.05, 3.63) is 64.8 Å². The van der Waals surface area contributed by atoms with Crippen LogP contribution < -0.4 is 25.9 Å². The Hall–Kier alpha value is -2.10. The maximum absolute atomic E-state index is 11.4. The van der Waals surface area contributed by atoms with Gasteiger partial charge in [0.2, 0.25) is 0 Å². The number of piperazine rings is 1. The number of aryl methyl sites for hydroxylation is 1. The molecule has 1 aromatic heterocycles. The topological polar surface area (TPSA) is 68.8 Å². The Balaban J connectivity index is 1.53. The van der Waals surface area contributed by atoms with Crippen molar-refractivity contribution >= 4 is 16.9 Å². The Kier molecular flexibility index (Phi) is 5.90. The summed E-state index contributed by atoms with van der Waals surface area (Å²) in [6, 6.07) is 12.6. The van der Waals surface area contributed by atoms with Crippen molar-refractivity contribution in [1.29, 1.82) is 0 Å². The third-order valence-electron chi connectivity index (χ3n) is 6.86. The summed E-state index contributed by atoms with van der Waals surface area (Å²) in [6.07, 6.45) is 2.00. The Labute approximate surface area is 198 Å². The van der Waals surface area contributed by atoms with Crippen molar-refractivity contribution in [1.82, 2.24) is 14.8 Å². The van der Waals surface area contributed by atoms with Gasteiger partial charge in [-0.2, -0.15) is 0 Å². The Bertz CT molecular complexity index is 1140. The molecule has 0 spiro atoms. The summed E-state index contributed by atoms with van der Waals surface area (Å²) in [5, 5.41) is 10.5. The summed E-state index contributed by atoms with van der Waals surface area (Å²) in [4.78, 5) is 20.0. The van der Waals surface area contributed by atoms with Crippen molar-refractivity contribution < 1.29 is 35.8 Å². The molecule has 7 heteroatoms. The second-order valence-electron chi connectivity index (χ2n) is 8.80. The van der Waals surface area contributed by atoms with Crippen molar-refractivity contribution in [3.8, 4) is 5.75 Å². The van der Waals surface area contributed by atoms with Gasteiger partial charge in [0, 0.05) is 0 Å². The zero-order valence-electron chi connectivity index (χ0n) is 18.6. The second-order valence-corrected chi connectivity index (χ2v) is 12.0. The van der Waals surface area contributed by atoms with E-state index in [9.17, 15) is 9.90 Å². The van der Waals surface area contributed by atoms with Crippen molar-refractivity contribution in [2.75, 3.05) is 24.6 Å². The zero-order valence-corrected chi connectivity index (χ0v) is 20.8. The number of rotatable bonds is 5. The van der Waals surface area contributed by atoms with Crippen LogP contribution in [0.4, 0.5) is 0 Å². The molecule has 2 fully saturated rings. The van der Waals surface area contributed by atoms with Crippen molar-refractivity contribution in [2.45, 2.75) is 36.5 Å². The Morgan fingerprint density at radius 2 is 2.03 bits per heavy atom. The molecule has 2 saturated heterocycles. The molecule has 2 aromatic carbocycles. The molecule has 0 saturated carbocycles. The van der Waals surface area contributed by atoms with E-state index in [1.54, 1.807) is 19.2 Å². The van der Waals surface area contributed by atoms with Gasteiger partial charge in [0.05, 0.1) is 0 Å². The van der Waals surface area contributed by atoms with Gasteiger partial charge in [0.25, 0.3) is 0 Å². The van der Waals surface area contributed by atoms with E-state index < -0.39 is 5.97 Å². The number of alkyl halides is 2. The van der Waals surface area contributed by atoms with Crippen LogP contribution in [0.25, 0.3) is 10.9 Å². The number of aromatic carboxylic acids is 1. The monoisotopic (exact) mass is 546 g/mol. The third kappa shape index (κ3) is 3.80. The van der Waals surface area contributed by atoms with E-state index in [1.807, 2.05) is 18.3 Å². The SMILES string of the molecule is COc1cc(C)c2[nH]ccc2c1CN1C[C@@H]2[I-]C[C@H](C)N2C[C@@H]1c1ccc(C(=O)O)cc1. The number of carboxylic acids is 1. The fraction of sp³-hybridized carbons (Fsp3) is 0.400. The molecular weight excluding hydrogens is 517 g/mol. The van der Waals surface area contributed by atoms with Crippen molar-refractivity contribution in [3.63, 3.8) is 0 Å². The number of nitrogens with zero attached hydrogens (tertiary/aromatic N) is 2. The van der Waals surface area contributed by atoms with Gasteiger partial charge >= 0.3 is 199 Å². The number of halogens is 1. The van der Waals surface area contributed by atoms with Crippen LogP contribution in [0, 0.1) is 6.92 Å². The van der Waals surface area contributed by atoms with Gasteiger partial charge < -0.3 is 0 Å². The molecule has 2 aliphatic heterocycles. The van der Waals surface area contributed by atoms with E-state index in [1.165, 1.54) is 32.0 Å². The minimum atomic E-state index is -0.880. The second kappa shape index (κ2) is 8.68. The molecule has 3 aromatic rings. The summed E-state index contributed by atoms with van der Waals surface area (Å²) in [5.41, 5.74) is 5.10. The first kappa shape index (κ1) is 21.7. The number of benzene rings is 2. The molecule has 0 amide bonds. The van der Waals surface area contributed by atoms with Crippen LogP contribution in [0.15, 0.2) is 42.6 Å². The van der Waals surface area contributed by atoms with E-state index in [-0.39, 0.29) is 27.2 Å². The predicted molar refractivity (Wildman–Crippen MR) is 121 cm³/mol. The number of H-pyrrole nitrogens is 1. The van der Waals surface area contributed by atoms with Crippen LogP contribution in [0.3, 0.4) is 0 Å². The number of hydrogen-bond acceptors (Lipinski definition) is 4. The molecule has 3 heterocycles. The molecule has 170 valence electrons. The standard InChI is InChI=1S/C25H29IN3O3/c1-15-10-22(32-3)20(19-8-9-27-24(15)19)12-28-14-23-26-11-16(2)29(23)13-21(28)17-4-6-18(7-5-17)25(30)31/h4-10,16,21,23,27H,11-14H2,1-3H3,(H,30,31)/q-1/t16-,21+,23+/m0/s1. The van der Waals surface area contributed by atoms with E-state index in [0.717, 1.165) is 25.4 Å². The van der Waals surface area contributed by atoms with Gasteiger partial charge in [-0.05, 0) is 0 Å². The molecule has 3 atom stereocenters. The summed E-state index contributed by atoms with van der Waals surface area (Å²) in [6.45, 7) is 7.31. The molecule has 0 aliphatic carbocycles. The fourth-order valence-electron chi connectivity index (χ4n) is 5.09. The number of ether oxygens (including phenoxy) is 1. The number of carboxylic acid groups (broad SMARTS) is 1. The van der Waals surface area contributed by atoms with Gasteiger partial charge in [-0.25, -0.2) is 0 Å². The summed E-state index contributed by atoms with van der Waals surface area (Å²) >= 11 is 0.160. The van der Waals surface area contributed by atoms with Crippen LogP contribution in [-0.4, -0.2) is 60.6 Å². The first-order valence-electron chi connectivity index (χ1n) is 11.0. The predicted octanol–water partition coefficient (Wildman–Crippen LogP) is 0.859. The number of fused-ring (bicyclic) bond motifs is 2. The van der Waals surface area contributed by atoms with Crippen LogP contribution in [0.5, 0.6) is 5.75 Å². The molecule has 5 rings (SSSR count). The maximum atomic E-state index is 11.4. The van der Waals surface area contributed by atoms with Crippen LogP contribution >= 0.6 is 0 Å². The zero-order chi connectivity index (χ0) is 22.4. The first-order chi connectivity index (χ1) is 15.5. The van der Waals surface area contributed by atoms with E-state index in [4.69, 9.17) is 4.74 Å². The van der Waals surface area contributed by atoms with Crippen molar-refractivity contribution in [2.24, 2.45) is 0 Å². The number of carbonyl (C=O) groups is 1. The van der Waals surface area contributed by atoms with Gasteiger partial charge in [0.15, 0.2) is 0 Å². The number of aromatic amines is 1. The summed E-state index contributed by atoms with van der Waals surface area (Å²) < 4.78 is 7.85.